The molecule has 1 fully saturated rings. The van der Waals surface area contributed by atoms with Gasteiger partial charge in [-0.1, -0.05) is 6.42 Å². The summed E-state index contributed by atoms with van der Waals surface area (Å²) in [7, 11) is 0. The Balaban J connectivity index is 1.82. The molecular weight excluding hydrogens is 252 g/mol. The van der Waals surface area contributed by atoms with Crippen molar-refractivity contribution in [2.45, 2.75) is 19.3 Å². The molecule has 0 unspecified atom stereocenters. The van der Waals surface area contributed by atoms with Gasteiger partial charge in [0.2, 0.25) is 5.95 Å². The van der Waals surface area contributed by atoms with E-state index in [1.807, 2.05) is 0 Å². The molecule has 1 amide bonds. The molecule has 0 spiro atoms. The zero-order valence-electron chi connectivity index (χ0n) is 10.7. The van der Waals surface area contributed by atoms with Crippen LogP contribution in [0.3, 0.4) is 0 Å². The number of carbonyl (C=O) groups excluding carboxylic acids is 1. The van der Waals surface area contributed by atoms with E-state index < -0.39 is 17.7 Å². The summed E-state index contributed by atoms with van der Waals surface area (Å²) in [6.45, 7) is 3.24. The average Bonchev–Trinajstić information content (AvgIpc) is 2.43. The second-order valence-electron chi connectivity index (χ2n) is 4.62. The minimum atomic E-state index is -1.25. The van der Waals surface area contributed by atoms with Crippen LogP contribution in [0.1, 0.15) is 29.6 Å². The Morgan fingerprint density at radius 1 is 1.32 bits per heavy atom. The summed E-state index contributed by atoms with van der Waals surface area (Å²) in [5.41, 5.74) is -0.300. The van der Waals surface area contributed by atoms with Crippen molar-refractivity contribution in [3.63, 3.8) is 0 Å². The second-order valence-corrected chi connectivity index (χ2v) is 4.62. The van der Waals surface area contributed by atoms with Crippen molar-refractivity contribution >= 4 is 5.91 Å². The predicted molar refractivity (Wildman–Crippen MR) is 66.8 cm³/mol. The lowest BCUT2D eigenvalue weighted by Gasteiger charge is -2.26. The molecule has 6 heteroatoms. The Kier molecular flexibility index (Phi) is 4.79. The molecule has 1 aromatic heterocycles. The number of aromatic nitrogens is 1. The van der Waals surface area contributed by atoms with Gasteiger partial charge in [0.05, 0.1) is 5.56 Å². The third-order valence-electron chi connectivity index (χ3n) is 3.25. The first-order chi connectivity index (χ1) is 9.18. The van der Waals surface area contributed by atoms with E-state index in [9.17, 15) is 13.6 Å². The van der Waals surface area contributed by atoms with Gasteiger partial charge in [0.15, 0.2) is 5.82 Å². The van der Waals surface area contributed by atoms with Crippen LogP contribution < -0.4 is 5.32 Å². The van der Waals surface area contributed by atoms with Crippen LogP contribution in [0.25, 0.3) is 0 Å². The Morgan fingerprint density at radius 2 is 2.05 bits per heavy atom. The maximum atomic E-state index is 13.3. The molecule has 19 heavy (non-hydrogen) atoms. The van der Waals surface area contributed by atoms with Crippen molar-refractivity contribution in [1.82, 2.24) is 15.2 Å². The SMILES string of the molecule is O=C(NCCN1CCCCC1)c1ccnc(F)c1F. The van der Waals surface area contributed by atoms with Gasteiger partial charge >= 0.3 is 0 Å². The Morgan fingerprint density at radius 3 is 2.79 bits per heavy atom. The van der Waals surface area contributed by atoms with Crippen LogP contribution in [0, 0.1) is 11.8 Å². The number of hydrogen-bond donors (Lipinski definition) is 1. The molecule has 104 valence electrons. The molecule has 0 bridgehead atoms. The van der Waals surface area contributed by atoms with Crippen molar-refractivity contribution in [2.75, 3.05) is 26.2 Å². The van der Waals surface area contributed by atoms with E-state index in [0.717, 1.165) is 25.8 Å². The largest absolute Gasteiger partial charge is 0.351 e. The molecule has 0 radical (unpaired) electrons. The highest BCUT2D eigenvalue weighted by Gasteiger charge is 2.16. The van der Waals surface area contributed by atoms with Gasteiger partial charge in [0.1, 0.15) is 0 Å². The lowest BCUT2D eigenvalue weighted by Crippen LogP contribution is -2.37. The van der Waals surface area contributed by atoms with Crippen LogP contribution in [0.5, 0.6) is 0 Å². The number of halogens is 2. The summed E-state index contributed by atoms with van der Waals surface area (Å²) < 4.78 is 26.2. The second kappa shape index (κ2) is 6.56. The number of hydrogen-bond acceptors (Lipinski definition) is 3. The van der Waals surface area contributed by atoms with Crippen molar-refractivity contribution < 1.29 is 13.6 Å². The number of piperidine rings is 1. The maximum Gasteiger partial charge on any atom is 0.254 e. The third-order valence-corrected chi connectivity index (χ3v) is 3.25. The molecule has 1 aliphatic heterocycles. The molecule has 0 aliphatic carbocycles. The van der Waals surface area contributed by atoms with E-state index in [2.05, 4.69) is 15.2 Å². The number of pyridine rings is 1. The quantitative estimate of drug-likeness (QED) is 0.844. The first-order valence-electron chi connectivity index (χ1n) is 6.49. The van der Waals surface area contributed by atoms with Crippen molar-refractivity contribution in [1.29, 1.82) is 0 Å². The van der Waals surface area contributed by atoms with Crippen LogP contribution in [0.2, 0.25) is 0 Å². The van der Waals surface area contributed by atoms with E-state index in [1.54, 1.807) is 0 Å². The van der Waals surface area contributed by atoms with Crippen LogP contribution in [-0.4, -0.2) is 42.0 Å². The van der Waals surface area contributed by atoms with Gasteiger partial charge in [0.25, 0.3) is 5.91 Å². The van der Waals surface area contributed by atoms with E-state index in [-0.39, 0.29) is 5.56 Å². The number of amides is 1. The zero-order chi connectivity index (χ0) is 13.7. The molecule has 4 nitrogen and oxygen atoms in total. The third kappa shape index (κ3) is 3.70. The molecule has 0 aromatic carbocycles. The molecule has 2 rings (SSSR count). The molecule has 2 heterocycles. The van der Waals surface area contributed by atoms with Crippen LogP contribution in [0.15, 0.2) is 12.3 Å². The summed E-state index contributed by atoms with van der Waals surface area (Å²) in [6.07, 6.45) is 4.69. The molecule has 0 saturated carbocycles. The minimum absolute atomic E-state index is 0.300. The monoisotopic (exact) mass is 269 g/mol. The Hall–Kier alpha value is -1.56. The summed E-state index contributed by atoms with van der Waals surface area (Å²) in [5.74, 6) is -3.04. The van der Waals surface area contributed by atoms with E-state index in [1.165, 1.54) is 25.3 Å². The topological polar surface area (TPSA) is 45.2 Å². The van der Waals surface area contributed by atoms with E-state index >= 15 is 0 Å². The fourth-order valence-electron chi connectivity index (χ4n) is 2.20. The van der Waals surface area contributed by atoms with Gasteiger partial charge in [-0.05, 0) is 32.0 Å². The summed E-state index contributed by atoms with van der Waals surface area (Å²) >= 11 is 0. The van der Waals surface area contributed by atoms with Gasteiger partial charge in [-0.15, -0.1) is 0 Å². The van der Waals surface area contributed by atoms with E-state index in [4.69, 9.17) is 0 Å². The average molecular weight is 269 g/mol. The molecule has 0 atom stereocenters. The van der Waals surface area contributed by atoms with Crippen molar-refractivity contribution in [2.24, 2.45) is 0 Å². The van der Waals surface area contributed by atoms with Crippen LogP contribution in [-0.2, 0) is 0 Å². The number of nitrogens with zero attached hydrogens (tertiary/aromatic N) is 2. The highest BCUT2D eigenvalue weighted by molar-refractivity contribution is 5.94. The summed E-state index contributed by atoms with van der Waals surface area (Å²) in [4.78, 5) is 17.1. The predicted octanol–water partition coefficient (Wildman–Crippen LogP) is 1.58. The molecule has 1 saturated heterocycles. The number of likely N-dealkylation sites (tertiary alicyclic amines) is 1. The van der Waals surface area contributed by atoms with Gasteiger partial charge in [-0.2, -0.15) is 4.39 Å². The molecule has 1 N–H and O–H groups in total. The van der Waals surface area contributed by atoms with Gasteiger partial charge in [-0.3, -0.25) is 4.79 Å². The van der Waals surface area contributed by atoms with Crippen molar-refractivity contribution in [3.05, 3.63) is 29.6 Å². The van der Waals surface area contributed by atoms with Gasteiger partial charge in [0, 0.05) is 19.3 Å². The number of rotatable bonds is 4. The Bertz CT molecular complexity index is 448. The van der Waals surface area contributed by atoms with Crippen LogP contribution in [0.4, 0.5) is 8.78 Å². The number of nitrogens with one attached hydrogen (secondary N) is 1. The lowest BCUT2D eigenvalue weighted by atomic mass is 10.1. The first-order valence-corrected chi connectivity index (χ1v) is 6.49. The smallest absolute Gasteiger partial charge is 0.254 e. The van der Waals surface area contributed by atoms with Gasteiger partial charge < -0.3 is 10.2 Å². The highest BCUT2D eigenvalue weighted by Crippen LogP contribution is 2.09. The minimum Gasteiger partial charge on any atom is -0.351 e. The highest BCUT2D eigenvalue weighted by atomic mass is 19.2. The number of carbonyl (C=O) groups is 1. The lowest BCUT2D eigenvalue weighted by molar-refractivity contribution is 0.0941. The normalized spacial score (nSPS) is 16.3. The van der Waals surface area contributed by atoms with Gasteiger partial charge in [-0.25, -0.2) is 9.37 Å². The molecule has 1 aliphatic rings. The fourth-order valence-corrected chi connectivity index (χ4v) is 2.20. The van der Waals surface area contributed by atoms with E-state index in [0.29, 0.717) is 6.54 Å². The zero-order valence-corrected chi connectivity index (χ0v) is 10.7. The van der Waals surface area contributed by atoms with Crippen LogP contribution >= 0.6 is 0 Å². The summed E-state index contributed by atoms with van der Waals surface area (Å²) in [5, 5.41) is 2.60. The fraction of sp³-hybridized carbons (Fsp3) is 0.538. The standard InChI is InChI=1S/C13H17F2N3O/c14-11-10(4-5-16-12(11)15)13(19)17-6-9-18-7-2-1-3-8-18/h4-5H,1-3,6-9H2,(H,17,19). The maximum absolute atomic E-state index is 13.3. The molecular formula is C13H17F2N3O. The Labute approximate surface area is 110 Å². The molecule has 1 aromatic rings. The first kappa shape index (κ1) is 13.9. The van der Waals surface area contributed by atoms with Crippen molar-refractivity contribution in [3.8, 4) is 0 Å². The summed E-state index contributed by atoms with van der Waals surface area (Å²) in [6, 6.07) is 1.18.